The summed E-state index contributed by atoms with van der Waals surface area (Å²) in [5, 5.41) is 15.0. The molecular weight excluding hydrogens is 230 g/mol. The van der Waals surface area contributed by atoms with Crippen LogP contribution in [0.3, 0.4) is 0 Å². The molecule has 6 nitrogen and oxygen atoms in total. The van der Waals surface area contributed by atoms with Crippen LogP contribution in [0.5, 0.6) is 0 Å². The Morgan fingerprint density at radius 2 is 2.22 bits per heavy atom. The molecular formula is C12H17N5O. The number of aryl methyl sites for hydroxylation is 1. The number of nitrogens with zero attached hydrogens (tertiary/aromatic N) is 5. The van der Waals surface area contributed by atoms with E-state index in [4.69, 9.17) is 0 Å². The first-order chi connectivity index (χ1) is 8.66. The molecule has 1 N–H and O–H groups in total. The van der Waals surface area contributed by atoms with E-state index in [-0.39, 0.29) is 12.0 Å². The van der Waals surface area contributed by atoms with Gasteiger partial charge >= 0.3 is 0 Å². The lowest BCUT2D eigenvalue weighted by Gasteiger charge is -2.35. The standard InChI is InChI=1S/C12H17N5O/c1-8-6-17(4-3-10(8)18)12-9-5-15-16(2)11(9)13-7-14-12/h5,7-8,10,18H,3-4,6H2,1-2H3. The van der Waals surface area contributed by atoms with Crippen molar-refractivity contribution in [3.8, 4) is 0 Å². The molecule has 2 aromatic rings. The number of hydrogen-bond donors (Lipinski definition) is 1. The molecule has 2 atom stereocenters. The zero-order valence-corrected chi connectivity index (χ0v) is 10.6. The summed E-state index contributed by atoms with van der Waals surface area (Å²) in [4.78, 5) is 10.8. The van der Waals surface area contributed by atoms with E-state index < -0.39 is 0 Å². The normalized spacial score (nSPS) is 24.7. The zero-order chi connectivity index (χ0) is 12.7. The highest BCUT2D eigenvalue weighted by Crippen LogP contribution is 2.26. The smallest absolute Gasteiger partial charge is 0.163 e. The molecule has 0 bridgehead atoms. The number of hydrogen-bond acceptors (Lipinski definition) is 5. The summed E-state index contributed by atoms with van der Waals surface area (Å²) in [7, 11) is 1.88. The first kappa shape index (κ1) is 11.4. The third kappa shape index (κ3) is 1.73. The van der Waals surface area contributed by atoms with Crippen LogP contribution in [0.4, 0.5) is 5.82 Å². The summed E-state index contributed by atoms with van der Waals surface area (Å²) in [6, 6.07) is 0. The molecule has 0 radical (unpaired) electrons. The minimum atomic E-state index is -0.201. The van der Waals surface area contributed by atoms with E-state index in [0.29, 0.717) is 0 Å². The molecule has 2 unspecified atom stereocenters. The predicted octanol–water partition coefficient (Wildman–Crippen LogP) is 0.570. The van der Waals surface area contributed by atoms with Crippen molar-refractivity contribution in [3.05, 3.63) is 12.5 Å². The molecule has 1 aliphatic heterocycles. The van der Waals surface area contributed by atoms with E-state index in [0.717, 1.165) is 36.4 Å². The number of piperidine rings is 1. The maximum Gasteiger partial charge on any atom is 0.163 e. The van der Waals surface area contributed by atoms with Gasteiger partial charge in [0.05, 0.1) is 17.7 Å². The summed E-state index contributed by atoms with van der Waals surface area (Å²) in [5.41, 5.74) is 0.846. The fourth-order valence-corrected chi connectivity index (χ4v) is 2.53. The van der Waals surface area contributed by atoms with Crippen molar-refractivity contribution >= 4 is 16.9 Å². The van der Waals surface area contributed by atoms with E-state index >= 15 is 0 Å². The highest BCUT2D eigenvalue weighted by molar-refractivity contribution is 5.86. The van der Waals surface area contributed by atoms with Crippen LogP contribution < -0.4 is 4.90 Å². The SMILES string of the molecule is CC1CN(c2ncnc3c2cnn3C)CCC1O. The van der Waals surface area contributed by atoms with Crippen LogP contribution in [0, 0.1) is 5.92 Å². The molecule has 1 saturated heterocycles. The van der Waals surface area contributed by atoms with Gasteiger partial charge in [-0.3, -0.25) is 4.68 Å². The topological polar surface area (TPSA) is 67.1 Å². The van der Waals surface area contributed by atoms with Crippen LogP contribution in [0.1, 0.15) is 13.3 Å². The van der Waals surface area contributed by atoms with Crippen LogP contribution in [0.15, 0.2) is 12.5 Å². The van der Waals surface area contributed by atoms with Crippen LogP contribution in [-0.4, -0.2) is 44.0 Å². The summed E-state index contributed by atoms with van der Waals surface area (Å²) in [6.07, 6.45) is 3.97. The Morgan fingerprint density at radius 1 is 1.39 bits per heavy atom. The van der Waals surface area contributed by atoms with Gasteiger partial charge in [-0.25, -0.2) is 9.97 Å². The lowest BCUT2D eigenvalue weighted by Crippen LogP contribution is -2.42. The molecule has 3 rings (SSSR count). The number of rotatable bonds is 1. The van der Waals surface area contributed by atoms with E-state index in [1.165, 1.54) is 0 Å². The summed E-state index contributed by atoms with van der Waals surface area (Å²) in [5.74, 6) is 1.19. The van der Waals surface area contributed by atoms with Crippen molar-refractivity contribution < 1.29 is 5.11 Å². The third-order valence-corrected chi connectivity index (χ3v) is 3.67. The Labute approximate surface area is 105 Å². The lowest BCUT2D eigenvalue weighted by atomic mass is 9.97. The Hall–Kier alpha value is -1.69. The third-order valence-electron chi connectivity index (χ3n) is 3.67. The van der Waals surface area contributed by atoms with Crippen molar-refractivity contribution in [2.24, 2.45) is 13.0 Å². The fourth-order valence-electron chi connectivity index (χ4n) is 2.53. The zero-order valence-electron chi connectivity index (χ0n) is 10.6. The predicted molar refractivity (Wildman–Crippen MR) is 68.3 cm³/mol. The van der Waals surface area contributed by atoms with Gasteiger partial charge in [0, 0.05) is 20.1 Å². The lowest BCUT2D eigenvalue weighted by molar-refractivity contribution is 0.0969. The van der Waals surface area contributed by atoms with Gasteiger partial charge < -0.3 is 10.0 Å². The number of aromatic nitrogens is 4. The first-order valence-electron chi connectivity index (χ1n) is 6.22. The van der Waals surface area contributed by atoms with Crippen LogP contribution >= 0.6 is 0 Å². The average Bonchev–Trinajstić information content (AvgIpc) is 2.75. The number of aliphatic hydroxyl groups is 1. The Bertz CT molecular complexity index is 567. The van der Waals surface area contributed by atoms with Gasteiger partial charge in [0.2, 0.25) is 0 Å². The van der Waals surface area contributed by atoms with Gasteiger partial charge in [-0.1, -0.05) is 6.92 Å². The largest absolute Gasteiger partial charge is 0.393 e. The maximum atomic E-state index is 9.78. The molecule has 0 spiro atoms. The Morgan fingerprint density at radius 3 is 3.00 bits per heavy atom. The van der Waals surface area contributed by atoms with Crippen molar-refractivity contribution in [1.29, 1.82) is 0 Å². The summed E-state index contributed by atoms with van der Waals surface area (Å²) < 4.78 is 1.75. The maximum absolute atomic E-state index is 9.78. The molecule has 6 heteroatoms. The van der Waals surface area contributed by atoms with Gasteiger partial charge in [0.25, 0.3) is 0 Å². The van der Waals surface area contributed by atoms with Crippen LogP contribution in [-0.2, 0) is 7.05 Å². The first-order valence-corrected chi connectivity index (χ1v) is 6.22. The second kappa shape index (κ2) is 4.20. The van der Waals surface area contributed by atoms with Gasteiger partial charge in [-0.2, -0.15) is 5.10 Å². The van der Waals surface area contributed by atoms with Crippen molar-refractivity contribution in [3.63, 3.8) is 0 Å². The second-order valence-corrected chi connectivity index (χ2v) is 4.98. The molecule has 0 aliphatic carbocycles. The number of anilines is 1. The Kier molecular flexibility index (Phi) is 2.66. The molecule has 18 heavy (non-hydrogen) atoms. The molecule has 2 aromatic heterocycles. The molecule has 0 amide bonds. The van der Waals surface area contributed by atoms with Gasteiger partial charge in [-0.05, 0) is 12.3 Å². The molecule has 1 aliphatic rings. The molecule has 96 valence electrons. The highest BCUT2D eigenvalue weighted by Gasteiger charge is 2.26. The second-order valence-electron chi connectivity index (χ2n) is 4.98. The monoisotopic (exact) mass is 247 g/mol. The molecule has 3 heterocycles. The average molecular weight is 247 g/mol. The van der Waals surface area contributed by atoms with E-state index in [9.17, 15) is 5.11 Å². The van der Waals surface area contributed by atoms with E-state index in [1.807, 2.05) is 7.05 Å². The summed E-state index contributed by atoms with van der Waals surface area (Å²) in [6.45, 7) is 3.72. The van der Waals surface area contributed by atoms with Crippen molar-refractivity contribution in [2.45, 2.75) is 19.4 Å². The highest BCUT2D eigenvalue weighted by atomic mass is 16.3. The minimum Gasteiger partial charge on any atom is -0.393 e. The molecule has 0 aromatic carbocycles. The van der Waals surface area contributed by atoms with Crippen LogP contribution in [0.2, 0.25) is 0 Å². The van der Waals surface area contributed by atoms with Crippen molar-refractivity contribution in [2.75, 3.05) is 18.0 Å². The quantitative estimate of drug-likeness (QED) is 0.798. The Balaban J connectivity index is 1.99. The summed E-state index contributed by atoms with van der Waals surface area (Å²) >= 11 is 0. The van der Waals surface area contributed by atoms with Gasteiger partial charge in [-0.15, -0.1) is 0 Å². The van der Waals surface area contributed by atoms with E-state index in [1.54, 1.807) is 17.2 Å². The molecule has 0 saturated carbocycles. The van der Waals surface area contributed by atoms with E-state index in [2.05, 4.69) is 26.9 Å². The molecule has 1 fully saturated rings. The van der Waals surface area contributed by atoms with Crippen molar-refractivity contribution in [1.82, 2.24) is 19.7 Å². The van der Waals surface area contributed by atoms with Gasteiger partial charge in [0.15, 0.2) is 5.65 Å². The van der Waals surface area contributed by atoms with Crippen LogP contribution in [0.25, 0.3) is 11.0 Å². The van der Waals surface area contributed by atoms with Gasteiger partial charge in [0.1, 0.15) is 12.1 Å². The number of fused-ring (bicyclic) bond motifs is 1. The number of aliphatic hydroxyl groups excluding tert-OH is 1. The minimum absolute atomic E-state index is 0.201. The fraction of sp³-hybridized carbons (Fsp3) is 0.583.